The van der Waals surface area contributed by atoms with Gasteiger partial charge in [-0.1, -0.05) is 18.2 Å². The molecule has 0 amide bonds. The zero-order valence-electron chi connectivity index (χ0n) is 10.9. The van der Waals surface area contributed by atoms with Crippen LogP contribution >= 0.6 is 12.2 Å². The van der Waals surface area contributed by atoms with Crippen LogP contribution in [-0.4, -0.2) is 19.5 Å². The first-order valence-electron chi connectivity index (χ1n) is 6.06. The van der Waals surface area contributed by atoms with Crippen molar-refractivity contribution in [2.45, 2.75) is 6.92 Å². The standard InChI is InChI=1S/C13H10N4O3S/c1-6-4-2-3-5-7(6)17-11(19)9-8(15-13(17)21)10(18)16-12(20)14-9/h2-5H,1H3,(H,15,21)(H2,14,16,18,20). The second-order valence-electron chi connectivity index (χ2n) is 4.52. The van der Waals surface area contributed by atoms with Crippen molar-refractivity contribution in [1.82, 2.24) is 19.5 Å². The van der Waals surface area contributed by atoms with Crippen LogP contribution in [0.2, 0.25) is 0 Å². The molecule has 3 aromatic rings. The predicted octanol–water partition coefficient (Wildman–Crippen LogP) is 0.733. The van der Waals surface area contributed by atoms with Gasteiger partial charge in [-0.15, -0.1) is 0 Å². The quantitative estimate of drug-likeness (QED) is 0.577. The Bertz CT molecular complexity index is 1090. The van der Waals surface area contributed by atoms with E-state index in [1.807, 2.05) is 24.0 Å². The maximum absolute atomic E-state index is 12.6. The highest BCUT2D eigenvalue weighted by Crippen LogP contribution is 2.12. The number of aromatic nitrogens is 4. The van der Waals surface area contributed by atoms with Crippen LogP contribution in [0.5, 0.6) is 0 Å². The van der Waals surface area contributed by atoms with Gasteiger partial charge in [-0.3, -0.25) is 19.1 Å². The van der Waals surface area contributed by atoms with Gasteiger partial charge in [0.05, 0.1) is 5.69 Å². The molecule has 21 heavy (non-hydrogen) atoms. The highest BCUT2D eigenvalue weighted by atomic mass is 32.1. The summed E-state index contributed by atoms with van der Waals surface area (Å²) in [5.41, 5.74) is -0.709. The van der Waals surface area contributed by atoms with Crippen molar-refractivity contribution in [3.05, 3.63) is 65.8 Å². The van der Waals surface area contributed by atoms with Gasteiger partial charge in [-0.25, -0.2) is 4.79 Å². The summed E-state index contributed by atoms with van der Waals surface area (Å²) in [6.45, 7) is 1.83. The Hall–Kier alpha value is -2.74. The molecule has 2 heterocycles. The van der Waals surface area contributed by atoms with Crippen molar-refractivity contribution in [2.24, 2.45) is 0 Å². The largest absolute Gasteiger partial charge is 0.326 e. The molecule has 0 unspecified atom stereocenters. The molecular formula is C13H10N4O3S. The number of fused-ring (bicyclic) bond motifs is 1. The summed E-state index contributed by atoms with van der Waals surface area (Å²) in [6.07, 6.45) is 0. The molecule has 8 heteroatoms. The fourth-order valence-corrected chi connectivity index (χ4v) is 2.45. The zero-order valence-corrected chi connectivity index (χ0v) is 11.7. The molecule has 0 fully saturated rings. The third-order valence-corrected chi connectivity index (χ3v) is 3.44. The lowest BCUT2D eigenvalue weighted by molar-refractivity contribution is 0.910. The predicted molar refractivity (Wildman–Crippen MR) is 80.7 cm³/mol. The van der Waals surface area contributed by atoms with Gasteiger partial charge in [0.2, 0.25) is 0 Å². The van der Waals surface area contributed by atoms with Crippen molar-refractivity contribution in [2.75, 3.05) is 0 Å². The number of rotatable bonds is 1. The third kappa shape index (κ3) is 2.05. The van der Waals surface area contributed by atoms with Crippen molar-refractivity contribution in [1.29, 1.82) is 0 Å². The van der Waals surface area contributed by atoms with E-state index in [4.69, 9.17) is 12.2 Å². The number of nitrogens with zero attached hydrogens (tertiary/aromatic N) is 1. The topological polar surface area (TPSA) is 104 Å². The Balaban J connectivity index is 2.55. The van der Waals surface area contributed by atoms with Gasteiger partial charge in [-0.05, 0) is 30.8 Å². The fourth-order valence-electron chi connectivity index (χ4n) is 2.17. The Labute approximate surface area is 121 Å². The summed E-state index contributed by atoms with van der Waals surface area (Å²) in [4.78, 5) is 42.7. The number of nitrogens with one attached hydrogen (secondary N) is 3. The summed E-state index contributed by atoms with van der Waals surface area (Å²) in [5.74, 6) is 0. The molecule has 0 aliphatic carbocycles. The minimum Gasteiger partial charge on any atom is -0.326 e. The summed E-state index contributed by atoms with van der Waals surface area (Å²) in [6, 6.07) is 7.18. The second-order valence-corrected chi connectivity index (χ2v) is 4.90. The molecule has 2 aromatic heterocycles. The third-order valence-electron chi connectivity index (χ3n) is 3.15. The Kier molecular flexibility index (Phi) is 2.95. The summed E-state index contributed by atoms with van der Waals surface area (Å²) in [5, 5.41) is 0. The van der Waals surface area contributed by atoms with E-state index < -0.39 is 16.8 Å². The number of aryl methyl sites for hydroxylation is 1. The smallest absolute Gasteiger partial charge is 0.326 e. The van der Waals surface area contributed by atoms with Gasteiger partial charge in [-0.2, -0.15) is 0 Å². The van der Waals surface area contributed by atoms with E-state index in [0.29, 0.717) is 5.69 Å². The van der Waals surface area contributed by atoms with Gasteiger partial charge in [0, 0.05) is 0 Å². The van der Waals surface area contributed by atoms with E-state index in [9.17, 15) is 14.4 Å². The zero-order chi connectivity index (χ0) is 15.1. The molecule has 106 valence electrons. The Morgan fingerprint density at radius 3 is 2.43 bits per heavy atom. The monoisotopic (exact) mass is 302 g/mol. The molecule has 0 aliphatic rings. The molecule has 7 nitrogen and oxygen atoms in total. The van der Waals surface area contributed by atoms with Crippen LogP contribution in [0.1, 0.15) is 5.56 Å². The van der Waals surface area contributed by atoms with Gasteiger partial charge in [0.15, 0.2) is 4.77 Å². The lowest BCUT2D eigenvalue weighted by atomic mass is 10.2. The SMILES string of the molecule is Cc1ccccc1-n1c(=S)[nH]c2c(=O)[nH]c(=O)[nH]c2c1=O. The van der Waals surface area contributed by atoms with Crippen molar-refractivity contribution < 1.29 is 0 Å². The molecule has 0 saturated carbocycles. The van der Waals surface area contributed by atoms with Crippen molar-refractivity contribution in [3.63, 3.8) is 0 Å². The number of hydrogen-bond donors (Lipinski definition) is 3. The maximum atomic E-state index is 12.6. The van der Waals surface area contributed by atoms with Crippen LogP contribution in [0.4, 0.5) is 0 Å². The maximum Gasteiger partial charge on any atom is 0.326 e. The normalized spacial score (nSPS) is 10.9. The molecule has 0 saturated heterocycles. The van der Waals surface area contributed by atoms with E-state index in [2.05, 4.69) is 9.97 Å². The van der Waals surface area contributed by atoms with E-state index in [-0.39, 0.29) is 15.8 Å². The van der Waals surface area contributed by atoms with Crippen LogP contribution in [0.15, 0.2) is 38.6 Å². The molecule has 0 spiro atoms. The van der Waals surface area contributed by atoms with E-state index in [1.54, 1.807) is 12.1 Å². The first kappa shape index (κ1) is 13.3. The Morgan fingerprint density at radius 1 is 1.00 bits per heavy atom. The number of hydrogen-bond acceptors (Lipinski definition) is 4. The van der Waals surface area contributed by atoms with Gasteiger partial charge in [0.25, 0.3) is 11.1 Å². The average molecular weight is 302 g/mol. The molecule has 0 atom stereocenters. The van der Waals surface area contributed by atoms with Gasteiger partial charge in [0.1, 0.15) is 11.0 Å². The molecule has 1 aromatic carbocycles. The number of H-pyrrole nitrogens is 3. The first-order valence-corrected chi connectivity index (χ1v) is 6.47. The van der Waals surface area contributed by atoms with Crippen LogP contribution in [0, 0.1) is 11.7 Å². The van der Waals surface area contributed by atoms with E-state index >= 15 is 0 Å². The number of benzene rings is 1. The summed E-state index contributed by atoms with van der Waals surface area (Å²) >= 11 is 5.16. The van der Waals surface area contributed by atoms with Crippen molar-refractivity contribution >= 4 is 23.3 Å². The first-order chi connectivity index (χ1) is 9.99. The van der Waals surface area contributed by atoms with Crippen molar-refractivity contribution in [3.8, 4) is 5.69 Å². The molecule has 0 radical (unpaired) electrons. The van der Waals surface area contributed by atoms with E-state index in [0.717, 1.165) is 5.56 Å². The van der Waals surface area contributed by atoms with Crippen LogP contribution in [0.3, 0.4) is 0 Å². The lowest BCUT2D eigenvalue weighted by Crippen LogP contribution is -2.30. The molecule has 0 bridgehead atoms. The summed E-state index contributed by atoms with van der Waals surface area (Å²) in [7, 11) is 0. The van der Waals surface area contributed by atoms with Gasteiger partial charge >= 0.3 is 5.69 Å². The van der Waals surface area contributed by atoms with E-state index in [1.165, 1.54) is 4.57 Å². The minimum absolute atomic E-state index is 0.0468. The lowest BCUT2D eigenvalue weighted by Gasteiger charge is -2.09. The Morgan fingerprint density at radius 2 is 1.71 bits per heavy atom. The summed E-state index contributed by atoms with van der Waals surface area (Å²) < 4.78 is 1.34. The highest BCUT2D eigenvalue weighted by Gasteiger charge is 2.12. The average Bonchev–Trinajstić information content (AvgIpc) is 2.42. The number of para-hydroxylation sites is 1. The minimum atomic E-state index is -0.744. The molecular weight excluding hydrogens is 292 g/mol. The molecule has 3 rings (SSSR count). The van der Waals surface area contributed by atoms with Crippen LogP contribution in [0.25, 0.3) is 16.7 Å². The van der Waals surface area contributed by atoms with Gasteiger partial charge < -0.3 is 9.97 Å². The van der Waals surface area contributed by atoms with Crippen LogP contribution < -0.4 is 16.8 Å². The fraction of sp³-hybridized carbons (Fsp3) is 0.0769. The number of aromatic amines is 3. The molecule has 3 N–H and O–H groups in total. The second kappa shape index (κ2) is 4.67. The molecule has 0 aliphatic heterocycles. The highest BCUT2D eigenvalue weighted by molar-refractivity contribution is 7.71. The van der Waals surface area contributed by atoms with Crippen LogP contribution in [-0.2, 0) is 0 Å².